The summed E-state index contributed by atoms with van der Waals surface area (Å²) in [5.74, 6) is -1.20. The largest absolute Gasteiger partial charge is 0.482 e. The highest BCUT2D eigenvalue weighted by Crippen LogP contribution is 2.18. The summed E-state index contributed by atoms with van der Waals surface area (Å²) in [7, 11) is 0. The lowest BCUT2D eigenvalue weighted by Gasteiger charge is -2.13. The van der Waals surface area contributed by atoms with Gasteiger partial charge in [0, 0.05) is 12.1 Å². The van der Waals surface area contributed by atoms with E-state index in [-0.39, 0.29) is 24.3 Å². The van der Waals surface area contributed by atoms with Crippen LogP contribution in [-0.4, -0.2) is 30.6 Å². The molecule has 1 fully saturated rings. The first kappa shape index (κ1) is 14.3. The smallest absolute Gasteiger partial charge is 0.344 e. The van der Waals surface area contributed by atoms with E-state index in [2.05, 4.69) is 5.32 Å². The van der Waals surface area contributed by atoms with Gasteiger partial charge in [0.2, 0.25) is 0 Å². The van der Waals surface area contributed by atoms with Crippen molar-refractivity contribution in [2.45, 2.75) is 31.9 Å². The summed E-state index contributed by atoms with van der Waals surface area (Å²) in [5, 5.41) is 2.73. The van der Waals surface area contributed by atoms with Crippen molar-refractivity contribution in [2.75, 3.05) is 6.61 Å². The van der Waals surface area contributed by atoms with Crippen molar-refractivity contribution in [3.8, 4) is 5.75 Å². The van der Waals surface area contributed by atoms with E-state index < -0.39 is 17.9 Å². The lowest BCUT2D eigenvalue weighted by atomic mass is 10.3. The standard InChI is InChI=1S/C14H16FNO4/c1-9(14(18)16-11-5-6-11)20-13(17)8-19-12-4-2-3-10(15)7-12/h2-4,7,9,11H,5-6,8H2,1H3,(H,16,18)/t9-/m0/s1. The van der Waals surface area contributed by atoms with E-state index in [1.165, 1.54) is 25.1 Å². The van der Waals surface area contributed by atoms with Gasteiger partial charge in [-0.2, -0.15) is 0 Å². The van der Waals surface area contributed by atoms with Crippen LogP contribution >= 0.6 is 0 Å². The van der Waals surface area contributed by atoms with Gasteiger partial charge in [-0.15, -0.1) is 0 Å². The first-order chi connectivity index (χ1) is 9.54. The molecule has 0 bridgehead atoms. The fraction of sp³-hybridized carbons (Fsp3) is 0.429. The normalized spacial score (nSPS) is 15.3. The molecule has 0 saturated heterocycles. The van der Waals surface area contributed by atoms with Gasteiger partial charge in [0.1, 0.15) is 11.6 Å². The highest BCUT2D eigenvalue weighted by molar-refractivity contribution is 5.84. The van der Waals surface area contributed by atoms with Crippen LogP contribution in [0.15, 0.2) is 24.3 Å². The van der Waals surface area contributed by atoms with Gasteiger partial charge >= 0.3 is 5.97 Å². The molecule has 0 aliphatic heterocycles. The second kappa shape index (κ2) is 6.36. The van der Waals surface area contributed by atoms with E-state index in [4.69, 9.17) is 9.47 Å². The molecule has 1 atom stereocenters. The molecular formula is C14H16FNO4. The fourth-order valence-corrected chi connectivity index (χ4v) is 1.53. The number of carbonyl (C=O) groups excluding carboxylic acids is 2. The van der Waals surface area contributed by atoms with Crippen LogP contribution in [0.1, 0.15) is 19.8 Å². The molecule has 1 amide bonds. The molecule has 1 N–H and O–H groups in total. The molecule has 1 aromatic rings. The number of hydrogen-bond donors (Lipinski definition) is 1. The third kappa shape index (κ3) is 4.53. The Labute approximate surface area is 116 Å². The van der Waals surface area contributed by atoms with E-state index in [1.807, 2.05) is 0 Å². The van der Waals surface area contributed by atoms with Gasteiger partial charge in [-0.25, -0.2) is 9.18 Å². The topological polar surface area (TPSA) is 64.6 Å². The second-order valence-corrected chi connectivity index (χ2v) is 4.66. The molecule has 1 aliphatic carbocycles. The van der Waals surface area contributed by atoms with Crippen LogP contribution in [0, 0.1) is 5.82 Å². The highest BCUT2D eigenvalue weighted by Gasteiger charge is 2.27. The van der Waals surface area contributed by atoms with Gasteiger partial charge in [0.15, 0.2) is 12.7 Å². The van der Waals surface area contributed by atoms with Crippen LogP contribution in [0.5, 0.6) is 5.75 Å². The summed E-state index contributed by atoms with van der Waals surface area (Å²) in [4.78, 5) is 23.1. The van der Waals surface area contributed by atoms with Crippen molar-refractivity contribution in [1.82, 2.24) is 5.32 Å². The first-order valence-corrected chi connectivity index (χ1v) is 6.43. The third-order valence-corrected chi connectivity index (χ3v) is 2.75. The number of amides is 1. The molecule has 0 heterocycles. The Morgan fingerprint density at radius 3 is 2.85 bits per heavy atom. The first-order valence-electron chi connectivity index (χ1n) is 6.43. The molecule has 1 aromatic carbocycles. The lowest BCUT2D eigenvalue weighted by Crippen LogP contribution is -2.37. The number of carbonyl (C=O) groups is 2. The van der Waals surface area contributed by atoms with Gasteiger partial charge in [-0.3, -0.25) is 4.79 Å². The van der Waals surface area contributed by atoms with Crippen LogP contribution in [0.3, 0.4) is 0 Å². The van der Waals surface area contributed by atoms with Crippen LogP contribution in [-0.2, 0) is 14.3 Å². The zero-order valence-corrected chi connectivity index (χ0v) is 11.1. The summed E-state index contributed by atoms with van der Waals surface area (Å²) in [5.41, 5.74) is 0. The summed E-state index contributed by atoms with van der Waals surface area (Å²) in [6.45, 7) is 1.13. The molecule has 108 valence electrons. The van der Waals surface area contributed by atoms with E-state index >= 15 is 0 Å². The molecule has 0 aromatic heterocycles. The Bertz CT molecular complexity index is 502. The van der Waals surface area contributed by atoms with Crippen molar-refractivity contribution in [2.24, 2.45) is 0 Å². The number of rotatable bonds is 6. The van der Waals surface area contributed by atoms with Gasteiger partial charge in [0.25, 0.3) is 5.91 Å². The number of hydrogen-bond acceptors (Lipinski definition) is 4. The van der Waals surface area contributed by atoms with Crippen LogP contribution in [0.2, 0.25) is 0 Å². The van der Waals surface area contributed by atoms with E-state index in [1.54, 1.807) is 0 Å². The predicted octanol–water partition coefficient (Wildman–Crippen LogP) is 1.41. The van der Waals surface area contributed by atoms with Crippen LogP contribution in [0.25, 0.3) is 0 Å². The van der Waals surface area contributed by atoms with E-state index in [0.29, 0.717) is 0 Å². The van der Waals surface area contributed by atoms with Crippen molar-refractivity contribution in [3.05, 3.63) is 30.1 Å². The Morgan fingerprint density at radius 1 is 1.45 bits per heavy atom. The SMILES string of the molecule is C[C@H](OC(=O)COc1cccc(F)c1)C(=O)NC1CC1. The van der Waals surface area contributed by atoms with Crippen LogP contribution in [0.4, 0.5) is 4.39 Å². The number of ether oxygens (including phenoxy) is 2. The summed E-state index contributed by atoms with van der Waals surface area (Å²) in [6, 6.07) is 5.65. The Kier molecular flexibility index (Phi) is 4.55. The molecule has 0 unspecified atom stereocenters. The minimum atomic E-state index is -0.862. The third-order valence-electron chi connectivity index (χ3n) is 2.75. The zero-order chi connectivity index (χ0) is 14.5. The fourth-order valence-electron chi connectivity index (χ4n) is 1.53. The Morgan fingerprint density at radius 2 is 2.20 bits per heavy atom. The number of esters is 1. The summed E-state index contributed by atoms with van der Waals surface area (Å²) in [6.07, 6.45) is 1.07. The molecule has 0 spiro atoms. The maximum Gasteiger partial charge on any atom is 0.344 e. The van der Waals surface area contributed by atoms with Crippen molar-refractivity contribution in [1.29, 1.82) is 0 Å². The molecule has 6 heteroatoms. The maximum absolute atomic E-state index is 12.9. The quantitative estimate of drug-likeness (QED) is 0.801. The molecule has 20 heavy (non-hydrogen) atoms. The number of nitrogens with one attached hydrogen (secondary N) is 1. The monoisotopic (exact) mass is 281 g/mol. The minimum absolute atomic E-state index is 0.215. The maximum atomic E-state index is 12.9. The van der Waals surface area contributed by atoms with Crippen LogP contribution < -0.4 is 10.1 Å². The molecular weight excluding hydrogens is 265 g/mol. The molecule has 1 saturated carbocycles. The molecule has 0 radical (unpaired) electrons. The van der Waals surface area contributed by atoms with Crippen molar-refractivity contribution in [3.63, 3.8) is 0 Å². The van der Waals surface area contributed by atoms with Crippen molar-refractivity contribution >= 4 is 11.9 Å². The molecule has 1 aliphatic rings. The summed E-state index contributed by atoms with van der Waals surface area (Å²) >= 11 is 0. The second-order valence-electron chi connectivity index (χ2n) is 4.66. The zero-order valence-electron chi connectivity index (χ0n) is 11.1. The van der Waals surface area contributed by atoms with Gasteiger partial charge < -0.3 is 14.8 Å². The van der Waals surface area contributed by atoms with E-state index in [0.717, 1.165) is 18.9 Å². The van der Waals surface area contributed by atoms with E-state index in [9.17, 15) is 14.0 Å². The van der Waals surface area contributed by atoms with Crippen molar-refractivity contribution < 1.29 is 23.5 Å². The summed E-state index contributed by atoms with van der Waals surface area (Å²) < 4.78 is 22.9. The lowest BCUT2D eigenvalue weighted by molar-refractivity contribution is -0.156. The average molecular weight is 281 g/mol. The number of benzene rings is 1. The number of halogens is 1. The Balaban J connectivity index is 1.72. The van der Waals surface area contributed by atoms with Gasteiger partial charge in [-0.05, 0) is 31.9 Å². The molecule has 5 nitrogen and oxygen atoms in total. The average Bonchev–Trinajstić information content (AvgIpc) is 3.20. The molecule has 2 rings (SSSR count). The van der Waals surface area contributed by atoms with Gasteiger partial charge in [-0.1, -0.05) is 6.07 Å². The highest BCUT2D eigenvalue weighted by atomic mass is 19.1. The predicted molar refractivity (Wildman–Crippen MR) is 68.6 cm³/mol. The Hall–Kier alpha value is -2.11. The van der Waals surface area contributed by atoms with Gasteiger partial charge in [0.05, 0.1) is 0 Å². The minimum Gasteiger partial charge on any atom is -0.482 e.